The van der Waals surface area contributed by atoms with E-state index in [2.05, 4.69) is 16.4 Å². The van der Waals surface area contributed by atoms with Gasteiger partial charge in [0, 0.05) is 19.7 Å². The first-order chi connectivity index (χ1) is 4.43. The lowest BCUT2D eigenvalue weighted by Crippen LogP contribution is -2.54. The molecule has 1 heterocycles. The molecule has 4 N–H and O–H groups in total. The van der Waals surface area contributed by atoms with Crippen LogP contribution in [0, 0.1) is 5.92 Å². The second-order valence-electron chi connectivity index (χ2n) is 2.27. The van der Waals surface area contributed by atoms with Crippen LogP contribution >= 0.6 is 0 Å². The van der Waals surface area contributed by atoms with E-state index in [0.717, 1.165) is 19.5 Å². The lowest BCUT2D eigenvalue weighted by Gasteiger charge is -2.23. The summed E-state index contributed by atoms with van der Waals surface area (Å²) in [5.74, 6) is 0.566. The molecule has 0 radical (unpaired) electrons. The SMILES string of the molecule is OCCC1CNNNC1. The van der Waals surface area contributed by atoms with Gasteiger partial charge in [0.15, 0.2) is 0 Å². The van der Waals surface area contributed by atoms with Gasteiger partial charge in [-0.3, -0.25) is 0 Å². The van der Waals surface area contributed by atoms with E-state index in [4.69, 9.17) is 5.11 Å². The Kier molecular flexibility index (Phi) is 2.93. The molecule has 1 aliphatic heterocycles. The van der Waals surface area contributed by atoms with Gasteiger partial charge in [0.25, 0.3) is 0 Å². The molecule has 1 rings (SSSR count). The fourth-order valence-electron chi connectivity index (χ4n) is 0.912. The van der Waals surface area contributed by atoms with E-state index in [9.17, 15) is 0 Å². The lowest BCUT2D eigenvalue weighted by molar-refractivity contribution is 0.216. The Bertz CT molecular complexity index is 69.8. The van der Waals surface area contributed by atoms with E-state index in [1.165, 1.54) is 0 Å². The molecule has 1 saturated heterocycles. The molecule has 0 spiro atoms. The molecule has 4 nitrogen and oxygen atoms in total. The summed E-state index contributed by atoms with van der Waals surface area (Å²) < 4.78 is 0. The molecule has 0 amide bonds. The third kappa shape index (κ3) is 2.28. The second-order valence-corrected chi connectivity index (χ2v) is 2.27. The number of hydrazine groups is 2. The van der Waals surface area contributed by atoms with Crippen molar-refractivity contribution in [1.29, 1.82) is 0 Å². The molecule has 0 aromatic carbocycles. The van der Waals surface area contributed by atoms with Crippen molar-refractivity contribution in [3.8, 4) is 0 Å². The Morgan fingerprint density at radius 1 is 1.33 bits per heavy atom. The summed E-state index contributed by atoms with van der Waals surface area (Å²) in [4.78, 5) is 0. The molecule has 0 unspecified atom stereocenters. The van der Waals surface area contributed by atoms with E-state index in [1.807, 2.05) is 0 Å². The van der Waals surface area contributed by atoms with Gasteiger partial charge in [0.05, 0.1) is 0 Å². The van der Waals surface area contributed by atoms with E-state index in [-0.39, 0.29) is 6.61 Å². The highest BCUT2D eigenvalue weighted by Crippen LogP contribution is 1.99. The predicted octanol–water partition coefficient (Wildman–Crippen LogP) is -1.40. The van der Waals surface area contributed by atoms with Crippen LogP contribution in [0.25, 0.3) is 0 Å². The molecule has 0 saturated carbocycles. The Morgan fingerprint density at radius 2 is 2.00 bits per heavy atom. The van der Waals surface area contributed by atoms with Crippen LogP contribution in [0.3, 0.4) is 0 Å². The van der Waals surface area contributed by atoms with Gasteiger partial charge in [-0.1, -0.05) is 0 Å². The van der Waals surface area contributed by atoms with Gasteiger partial charge in [-0.05, 0) is 12.3 Å². The molecule has 9 heavy (non-hydrogen) atoms. The summed E-state index contributed by atoms with van der Waals surface area (Å²) in [5, 5.41) is 8.54. The highest BCUT2D eigenvalue weighted by atomic mass is 16.3. The zero-order chi connectivity index (χ0) is 6.53. The first-order valence-electron chi connectivity index (χ1n) is 3.25. The second kappa shape index (κ2) is 3.79. The smallest absolute Gasteiger partial charge is 0.0434 e. The maximum atomic E-state index is 8.54. The van der Waals surface area contributed by atoms with Gasteiger partial charge in [0.1, 0.15) is 0 Å². The number of rotatable bonds is 2. The summed E-state index contributed by atoms with van der Waals surface area (Å²) in [6.45, 7) is 2.16. The topological polar surface area (TPSA) is 56.3 Å². The number of hydrogen-bond acceptors (Lipinski definition) is 4. The fraction of sp³-hybridized carbons (Fsp3) is 1.00. The van der Waals surface area contributed by atoms with Gasteiger partial charge in [-0.15, -0.1) is 0 Å². The minimum absolute atomic E-state index is 0.286. The third-order valence-electron chi connectivity index (χ3n) is 1.50. The van der Waals surface area contributed by atoms with Crippen LogP contribution in [0.2, 0.25) is 0 Å². The predicted molar refractivity (Wildman–Crippen MR) is 34.3 cm³/mol. The lowest BCUT2D eigenvalue weighted by atomic mass is 10.1. The number of nitrogens with one attached hydrogen (secondary N) is 3. The Hall–Kier alpha value is -0.160. The third-order valence-corrected chi connectivity index (χ3v) is 1.50. The zero-order valence-electron chi connectivity index (χ0n) is 5.35. The van der Waals surface area contributed by atoms with Crippen molar-refractivity contribution in [2.75, 3.05) is 19.7 Å². The van der Waals surface area contributed by atoms with Crippen LogP contribution in [0.4, 0.5) is 0 Å². The van der Waals surface area contributed by atoms with Crippen LogP contribution in [0.1, 0.15) is 6.42 Å². The quantitative estimate of drug-likeness (QED) is 0.372. The van der Waals surface area contributed by atoms with Gasteiger partial charge in [0.2, 0.25) is 0 Å². The summed E-state index contributed by atoms with van der Waals surface area (Å²) >= 11 is 0. The van der Waals surface area contributed by atoms with E-state index >= 15 is 0 Å². The highest BCUT2D eigenvalue weighted by molar-refractivity contribution is 4.65. The Morgan fingerprint density at radius 3 is 2.56 bits per heavy atom. The normalized spacial score (nSPS) is 22.3. The standard InChI is InChI=1S/C5H13N3O/c9-2-1-5-3-6-8-7-4-5/h5-9H,1-4H2. The van der Waals surface area contributed by atoms with Crippen molar-refractivity contribution in [3.63, 3.8) is 0 Å². The number of hydrogen-bond donors (Lipinski definition) is 4. The minimum Gasteiger partial charge on any atom is -0.396 e. The average molecular weight is 131 g/mol. The minimum atomic E-state index is 0.286. The molecule has 0 atom stereocenters. The van der Waals surface area contributed by atoms with Crippen LogP contribution in [-0.2, 0) is 0 Å². The summed E-state index contributed by atoms with van der Waals surface area (Å²) in [6, 6.07) is 0. The molecule has 1 fully saturated rings. The van der Waals surface area contributed by atoms with E-state index < -0.39 is 0 Å². The maximum absolute atomic E-state index is 8.54. The summed E-state index contributed by atoms with van der Waals surface area (Å²) in [5.41, 5.74) is 8.69. The van der Waals surface area contributed by atoms with Crippen LogP contribution in [-0.4, -0.2) is 24.8 Å². The molecule has 0 aromatic heterocycles. The number of aliphatic hydroxyl groups is 1. The van der Waals surface area contributed by atoms with Crippen molar-refractivity contribution < 1.29 is 5.11 Å². The Balaban J connectivity index is 2.08. The fourth-order valence-corrected chi connectivity index (χ4v) is 0.912. The molecule has 0 aliphatic carbocycles. The molecular weight excluding hydrogens is 118 g/mol. The van der Waals surface area contributed by atoms with Crippen molar-refractivity contribution >= 4 is 0 Å². The first-order valence-corrected chi connectivity index (χ1v) is 3.25. The van der Waals surface area contributed by atoms with Crippen molar-refractivity contribution in [2.45, 2.75) is 6.42 Å². The summed E-state index contributed by atoms with van der Waals surface area (Å²) in [6.07, 6.45) is 0.877. The van der Waals surface area contributed by atoms with Crippen molar-refractivity contribution in [1.82, 2.24) is 16.4 Å². The van der Waals surface area contributed by atoms with Gasteiger partial charge < -0.3 is 5.11 Å². The molecule has 4 heteroatoms. The Labute approximate surface area is 54.6 Å². The van der Waals surface area contributed by atoms with Crippen LogP contribution in [0.5, 0.6) is 0 Å². The summed E-state index contributed by atoms with van der Waals surface area (Å²) in [7, 11) is 0. The first kappa shape index (κ1) is 6.95. The van der Waals surface area contributed by atoms with Crippen LogP contribution < -0.4 is 16.4 Å². The molecule has 0 bridgehead atoms. The van der Waals surface area contributed by atoms with Crippen molar-refractivity contribution in [3.05, 3.63) is 0 Å². The zero-order valence-corrected chi connectivity index (χ0v) is 5.35. The van der Waals surface area contributed by atoms with Crippen molar-refractivity contribution in [2.24, 2.45) is 5.92 Å². The maximum Gasteiger partial charge on any atom is 0.0434 e. The highest BCUT2D eigenvalue weighted by Gasteiger charge is 2.10. The van der Waals surface area contributed by atoms with Gasteiger partial charge in [-0.2, -0.15) is 5.53 Å². The molecule has 0 aromatic rings. The molecule has 54 valence electrons. The van der Waals surface area contributed by atoms with Gasteiger partial charge >= 0.3 is 0 Å². The van der Waals surface area contributed by atoms with E-state index in [0.29, 0.717) is 5.92 Å². The molecule has 1 aliphatic rings. The molecular formula is C5H13N3O. The average Bonchev–Trinajstić information content (AvgIpc) is 1.91. The monoisotopic (exact) mass is 131 g/mol. The van der Waals surface area contributed by atoms with Crippen LogP contribution in [0.15, 0.2) is 0 Å². The van der Waals surface area contributed by atoms with E-state index in [1.54, 1.807) is 0 Å². The largest absolute Gasteiger partial charge is 0.396 e. The van der Waals surface area contributed by atoms with Gasteiger partial charge in [-0.25, -0.2) is 10.9 Å². The number of aliphatic hydroxyl groups excluding tert-OH is 1.